The van der Waals surface area contributed by atoms with E-state index in [9.17, 15) is 5.11 Å². The van der Waals surface area contributed by atoms with E-state index in [-0.39, 0.29) is 6.10 Å². The van der Waals surface area contributed by atoms with Gasteiger partial charge in [0.05, 0.1) is 6.10 Å². The van der Waals surface area contributed by atoms with Crippen LogP contribution >= 0.6 is 0 Å². The largest absolute Gasteiger partial charge is 0.393 e. The average Bonchev–Trinajstić information content (AvgIpc) is 2.61. The molecule has 1 saturated heterocycles. The molecule has 0 spiro atoms. The highest BCUT2D eigenvalue weighted by Crippen LogP contribution is 2.27. The van der Waals surface area contributed by atoms with Crippen molar-refractivity contribution in [1.29, 1.82) is 0 Å². The minimum absolute atomic E-state index is 0.101. The number of rotatable bonds is 5. The van der Waals surface area contributed by atoms with Gasteiger partial charge in [0, 0.05) is 25.3 Å². The number of piperidine rings is 1. The second-order valence-corrected chi connectivity index (χ2v) is 6.97. The summed E-state index contributed by atoms with van der Waals surface area (Å²) in [5, 5.41) is 12.8. The summed E-state index contributed by atoms with van der Waals surface area (Å²) in [6.07, 6.45) is 7.54. The van der Waals surface area contributed by atoms with Crippen LogP contribution in [0, 0.1) is 0 Å². The fourth-order valence-electron chi connectivity index (χ4n) is 3.71. The van der Waals surface area contributed by atoms with Gasteiger partial charge in [-0.15, -0.1) is 0 Å². The summed E-state index contributed by atoms with van der Waals surface area (Å²) in [4.78, 5) is 6.88. The van der Waals surface area contributed by atoms with Crippen molar-refractivity contribution in [3.63, 3.8) is 0 Å². The highest BCUT2D eigenvalue weighted by atomic mass is 16.3. The van der Waals surface area contributed by atoms with E-state index in [4.69, 9.17) is 5.73 Å². The second-order valence-electron chi connectivity index (χ2n) is 6.97. The maximum absolute atomic E-state index is 9.52. The van der Waals surface area contributed by atoms with Crippen LogP contribution in [0.1, 0.15) is 43.2 Å². The summed E-state index contributed by atoms with van der Waals surface area (Å²) >= 11 is 0. The van der Waals surface area contributed by atoms with Gasteiger partial charge in [0.1, 0.15) is 0 Å². The van der Waals surface area contributed by atoms with Crippen LogP contribution in [0.4, 0.5) is 5.69 Å². The first-order chi connectivity index (χ1) is 11.7. The number of fused-ring (bicyclic) bond motifs is 1. The van der Waals surface area contributed by atoms with Crippen molar-refractivity contribution < 1.29 is 5.11 Å². The highest BCUT2D eigenvalue weighted by molar-refractivity contribution is 5.93. The fourth-order valence-corrected chi connectivity index (χ4v) is 3.71. The van der Waals surface area contributed by atoms with Gasteiger partial charge in [-0.25, -0.2) is 0 Å². The zero-order valence-electron chi connectivity index (χ0n) is 14.5. The molecule has 3 rings (SSSR count). The van der Waals surface area contributed by atoms with Crippen LogP contribution in [0.2, 0.25) is 0 Å². The molecule has 132 valence electrons. The number of nitrogens with zero attached hydrogens (tertiary/aromatic N) is 2. The molecule has 1 fully saturated rings. The first-order valence-electron chi connectivity index (χ1n) is 9.30. The molecule has 0 atom stereocenters. The first-order valence-corrected chi connectivity index (χ1v) is 9.30. The minimum Gasteiger partial charge on any atom is -0.393 e. The quantitative estimate of drug-likeness (QED) is 0.439. The standard InChI is InChI=1S/C19H30N4O/c20-19(21-11-4-12-23-13-9-16(24)10-14-23)22-18-8-3-6-15-5-1-2-7-17(15)18/h3,6,8,16,24H,1-2,4-5,7,9-14H2,(H3,20,21,22). The van der Waals surface area contributed by atoms with Crippen LogP contribution in [0.15, 0.2) is 23.2 Å². The molecule has 1 aromatic carbocycles. The molecule has 0 unspecified atom stereocenters. The molecule has 4 N–H and O–H groups in total. The van der Waals surface area contributed by atoms with Gasteiger partial charge in [-0.3, -0.25) is 4.99 Å². The molecule has 0 bridgehead atoms. The van der Waals surface area contributed by atoms with E-state index >= 15 is 0 Å². The molecule has 24 heavy (non-hydrogen) atoms. The lowest BCUT2D eigenvalue weighted by molar-refractivity contribution is 0.0824. The third-order valence-electron chi connectivity index (χ3n) is 5.13. The summed E-state index contributed by atoms with van der Waals surface area (Å²) in [6, 6.07) is 6.43. The molecule has 5 heteroatoms. The Hall–Kier alpha value is -1.59. The number of likely N-dealkylation sites (tertiary alicyclic amines) is 1. The Bertz CT molecular complexity index is 564. The van der Waals surface area contributed by atoms with E-state index in [1.54, 1.807) is 0 Å². The van der Waals surface area contributed by atoms with E-state index in [2.05, 4.69) is 33.4 Å². The summed E-state index contributed by atoms with van der Waals surface area (Å²) in [6.45, 7) is 3.76. The third-order valence-corrected chi connectivity index (χ3v) is 5.13. The summed E-state index contributed by atoms with van der Waals surface area (Å²) in [5.74, 6) is 0.517. The Labute approximate surface area is 145 Å². The highest BCUT2D eigenvalue weighted by Gasteiger charge is 2.16. The maximum Gasteiger partial charge on any atom is 0.193 e. The van der Waals surface area contributed by atoms with Gasteiger partial charge in [0.15, 0.2) is 5.96 Å². The molecule has 1 aliphatic heterocycles. The fraction of sp³-hybridized carbons (Fsp3) is 0.632. The molecule has 2 aliphatic rings. The number of aliphatic hydroxyl groups is 1. The molecule has 1 aromatic rings. The number of hydrogen-bond acceptors (Lipinski definition) is 3. The molecule has 0 saturated carbocycles. The van der Waals surface area contributed by atoms with Crippen molar-refractivity contribution in [3.8, 4) is 0 Å². The van der Waals surface area contributed by atoms with Gasteiger partial charge in [-0.05, 0) is 68.7 Å². The van der Waals surface area contributed by atoms with E-state index < -0.39 is 0 Å². The van der Waals surface area contributed by atoms with Crippen molar-refractivity contribution in [2.75, 3.05) is 31.5 Å². The van der Waals surface area contributed by atoms with Crippen LogP contribution in [0.3, 0.4) is 0 Å². The summed E-state index contributed by atoms with van der Waals surface area (Å²) < 4.78 is 0. The van der Waals surface area contributed by atoms with E-state index in [0.717, 1.165) is 57.5 Å². The van der Waals surface area contributed by atoms with E-state index in [1.165, 1.54) is 30.4 Å². The number of aliphatic hydroxyl groups excluding tert-OH is 1. The number of nitrogens with one attached hydrogen (secondary N) is 1. The van der Waals surface area contributed by atoms with Gasteiger partial charge < -0.3 is 21.1 Å². The third kappa shape index (κ3) is 4.71. The Morgan fingerprint density at radius 3 is 2.88 bits per heavy atom. The Kier molecular flexibility index (Phi) is 6.10. The lowest BCUT2D eigenvalue weighted by Crippen LogP contribution is -2.36. The molecule has 0 amide bonds. The number of hydrogen-bond donors (Lipinski definition) is 3. The van der Waals surface area contributed by atoms with Crippen LogP contribution in [-0.4, -0.2) is 48.2 Å². The van der Waals surface area contributed by atoms with Gasteiger partial charge in [0.2, 0.25) is 0 Å². The molecule has 5 nitrogen and oxygen atoms in total. The number of aliphatic imine (C=N–C) groups is 1. The summed E-state index contributed by atoms with van der Waals surface area (Å²) in [7, 11) is 0. The lowest BCUT2D eigenvalue weighted by Gasteiger charge is -2.29. The van der Waals surface area contributed by atoms with Gasteiger partial charge in [-0.1, -0.05) is 12.1 Å². The SMILES string of the molecule is NC(=NCCCN1CCC(O)CC1)Nc1cccc2c1CCCC2. The van der Waals surface area contributed by atoms with Gasteiger partial charge in [0.25, 0.3) is 0 Å². The van der Waals surface area contributed by atoms with Crippen molar-refractivity contribution in [3.05, 3.63) is 29.3 Å². The first kappa shape index (κ1) is 17.2. The predicted molar refractivity (Wildman–Crippen MR) is 99.5 cm³/mol. The van der Waals surface area contributed by atoms with Crippen molar-refractivity contribution in [2.45, 2.75) is 51.0 Å². The van der Waals surface area contributed by atoms with Crippen LogP contribution in [0.25, 0.3) is 0 Å². The number of anilines is 1. The molecule has 1 aliphatic carbocycles. The molecule has 0 radical (unpaired) electrons. The lowest BCUT2D eigenvalue weighted by atomic mass is 9.90. The second kappa shape index (κ2) is 8.49. The maximum atomic E-state index is 9.52. The Morgan fingerprint density at radius 2 is 2.04 bits per heavy atom. The van der Waals surface area contributed by atoms with Crippen LogP contribution in [0.5, 0.6) is 0 Å². The topological polar surface area (TPSA) is 73.9 Å². The zero-order chi connectivity index (χ0) is 16.8. The predicted octanol–water partition coefficient (Wildman–Crippen LogP) is 2.14. The number of aryl methyl sites for hydroxylation is 1. The van der Waals surface area contributed by atoms with E-state index in [0.29, 0.717) is 5.96 Å². The Balaban J connectivity index is 1.45. The smallest absolute Gasteiger partial charge is 0.193 e. The van der Waals surface area contributed by atoms with Crippen molar-refractivity contribution in [2.24, 2.45) is 10.7 Å². The van der Waals surface area contributed by atoms with Gasteiger partial charge in [-0.2, -0.15) is 0 Å². The monoisotopic (exact) mass is 330 g/mol. The Morgan fingerprint density at radius 1 is 1.25 bits per heavy atom. The minimum atomic E-state index is -0.101. The molecule has 1 heterocycles. The average molecular weight is 330 g/mol. The van der Waals surface area contributed by atoms with Gasteiger partial charge >= 0.3 is 0 Å². The van der Waals surface area contributed by atoms with Crippen molar-refractivity contribution in [1.82, 2.24) is 4.90 Å². The number of guanidine groups is 1. The number of benzene rings is 1. The number of nitrogens with two attached hydrogens (primary N) is 1. The van der Waals surface area contributed by atoms with Crippen molar-refractivity contribution >= 4 is 11.6 Å². The summed E-state index contributed by atoms with van der Waals surface area (Å²) in [5.41, 5.74) is 10.1. The van der Waals surface area contributed by atoms with E-state index in [1.807, 2.05) is 0 Å². The zero-order valence-corrected chi connectivity index (χ0v) is 14.5. The molecular formula is C19H30N4O. The van der Waals surface area contributed by atoms with Crippen LogP contribution in [-0.2, 0) is 12.8 Å². The normalized spacial score (nSPS) is 20.0. The molecule has 0 aromatic heterocycles. The van der Waals surface area contributed by atoms with Crippen LogP contribution < -0.4 is 11.1 Å². The molecular weight excluding hydrogens is 300 g/mol.